The second-order valence-electron chi connectivity index (χ2n) is 4.55. The van der Waals surface area contributed by atoms with E-state index in [0.29, 0.717) is 17.2 Å². The Hall–Kier alpha value is -0.770. The first-order valence-corrected chi connectivity index (χ1v) is 6.78. The summed E-state index contributed by atoms with van der Waals surface area (Å²) in [5.41, 5.74) is 0.554. The standard InChI is InChI=1S/C14H18ClNO2.ClH/c15-13-6-4-12(5-7-13)14(17)18-11-10-16-8-2-1-3-9-16;/h4-7H,1-3,8-11H2;1H. The van der Waals surface area contributed by atoms with Gasteiger partial charge in [0.2, 0.25) is 0 Å². The molecule has 2 rings (SSSR count). The number of carbonyl (C=O) groups is 1. The highest BCUT2D eigenvalue weighted by atomic mass is 35.5. The maximum absolute atomic E-state index is 11.7. The number of halogens is 2. The van der Waals surface area contributed by atoms with Gasteiger partial charge in [0.05, 0.1) is 5.56 Å². The van der Waals surface area contributed by atoms with Crippen molar-refractivity contribution in [1.29, 1.82) is 0 Å². The lowest BCUT2D eigenvalue weighted by molar-refractivity contribution is 0.0452. The first-order valence-electron chi connectivity index (χ1n) is 6.41. The van der Waals surface area contributed by atoms with E-state index < -0.39 is 0 Å². The number of piperidine rings is 1. The normalized spacial score (nSPS) is 15.6. The van der Waals surface area contributed by atoms with E-state index in [2.05, 4.69) is 4.90 Å². The fourth-order valence-corrected chi connectivity index (χ4v) is 2.25. The van der Waals surface area contributed by atoms with Crippen molar-refractivity contribution in [2.75, 3.05) is 26.2 Å². The Morgan fingerprint density at radius 1 is 1.16 bits per heavy atom. The molecule has 0 aliphatic carbocycles. The van der Waals surface area contributed by atoms with E-state index >= 15 is 0 Å². The number of benzene rings is 1. The molecule has 19 heavy (non-hydrogen) atoms. The van der Waals surface area contributed by atoms with Crippen LogP contribution in [0.1, 0.15) is 29.6 Å². The van der Waals surface area contributed by atoms with Crippen LogP contribution < -0.4 is 0 Å². The molecule has 1 heterocycles. The van der Waals surface area contributed by atoms with Crippen LogP contribution in [-0.4, -0.2) is 37.1 Å². The van der Waals surface area contributed by atoms with Crippen LogP contribution in [0.4, 0.5) is 0 Å². The van der Waals surface area contributed by atoms with Gasteiger partial charge in [0, 0.05) is 11.6 Å². The quantitative estimate of drug-likeness (QED) is 0.798. The molecule has 0 radical (unpaired) electrons. The average Bonchev–Trinajstić information content (AvgIpc) is 2.40. The zero-order valence-corrected chi connectivity index (χ0v) is 12.4. The van der Waals surface area contributed by atoms with Crippen LogP contribution in [0.25, 0.3) is 0 Å². The molecule has 0 amide bonds. The molecule has 1 aromatic rings. The lowest BCUT2D eigenvalue weighted by Crippen LogP contribution is -2.33. The van der Waals surface area contributed by atoms with Crippen molar-refractivity contribution in [3.63, 3.8) is 0 Å². The molecular formula is C14H19Cl2NO2. The van der Waals surface area contributed by atoms with E-state index in [0.717, 1.165) is 19.6 Å². The Morgan fingerprint density at radius 2 is 1.79 bits per heavy atom. The smallest absolute Gasteiger partial charge is 0.338 e. The minimum atomic E-state index is -0.274. The highest BCUT2D eigenvalue weighted by Gasteiger charge is 2.11. The molecule has 0 spiro atoms. The number of hydrogen-bond acceptors (Lipinski definition) is 3. The van der Waals surface area contributed by atoms with Crippen LogP contribution in [-0.2, 0) is 4.74 Å². The van der Waals surface area contributed by atoms with Gasteiger partial charge in [-0.25, -0.2) is 4.79 Å². The molecule has 5 heteroatoms. The van der Waals surface area contributed by atoms with Gasteiger partial charge in [-0.1, -0.05) is 18.0 Å². The van der Waals surface area contributed by atoms with Gasteiger partial charge in [-0.3, -0.25) is 4.90 Å². The number of likely N-dealkylation sites (tertiary alicyclic amines) is 1. The average molecular weight is 304 g/mol. The summed E-state index contributed by atoms with van der Waals surface area (Å²) < 4.78 is 5.25. The summed E-state index contributed by atoms with van der Waals surface area (Å²) in [6.07, 6.45) is 3.83. The minimum absolute atomic E-state index is 0. The van der Waals surface area contributed by atoms with Crippen molar-refractivity contribution in [1.82, 2.24) is 4.90 Å². The van der Waals surface area contributed by atoms with Crippen molar-refractivity contribution < 1.29 is 9.53 Å². The Labute approximate surface area is 125 Å². The molecule has 1 saturated heterocycles. The highest BCUT2D eigenvalue weighted by Crippen LogP contribution is 2.11. The Bertz CT molecular complexity index is 389. The number of esters is 1. The SMILES string of the molecule is Cl.O=C(OCCN1CCCCC1)c1ccc(Cl)cc1. The van der Waals surface area contributed by atoms with E-state index in [9.17, 15) is 4.79 Å². The Morgan fingerprint density at radius 3 is 2.42 bits per heavy atom. The largest absolute Gasteiger partial charge is 0.461 e. The lowest BCUT2D eigenvalue weighted by atomic mass is 10.1. The summed E-state index contributed by atoms with van der Waals surface area (Å²) >= 11 is 5.76. The first kappa shape index (κ1) is 16.3. The lowest BCUT2D eigenvalue weighted by Gasteiger charge is -2.25. The third-order valence-electron chi connectivity index (χ3n) is 3.17. The van der Waals surface area contributed by atoms with Crippen LogP contribution >= 0.6 is 24.0 Å². The molecule has 0 unspecified atom stereocenters. The molecule has 0 saturated carbocycles. The molecule has 0 aromatic heterocycles. The molecule has 0 atom stereocenters. The Balaban J connectivity index is 0.00000180. The highest BCUT2D eigenvalue weighted by molar-refractivity contribution is 6.30. The number of rotatable bonds is 4. The molecule has 1 aliphatic rings. The van der Waals surface area contributed by atoms with E-state index in [1.54, 1.807) is 24.3 Å². The second-order valence-corrected chi connectivity index (χ2v) is 4.98. The van der Waals surface area contributed by atoms with Crippen molar-refractivity contribution in [3.8, 4) is 0 Å². The number of hydrogen-bond donors (Lipinski definition) is 0. The summed E-state index contributed by atoms with van der Waals surface area (Å²) in [5, 5.41) is 0.625. The van der Waals surface area contributed by atoms with Gasteiger partial charge in [-0.2, -0.15) is 0 Å². The van der Waals surface area contributed by atoms with Gasteiger partial charge in [0.1, 0.15) is 6.61 Å². The zero-order valence-electron chi connectivity index (χ0n) is 10.8. The van der Waals surface area contributed by atoms with E-state index in [4.69, 9.17) is 16.3 Å². The van der Waals surface area contributed by atoms with Crippen LogP contribution in [0.5, 0.6) is 0 Å². The fourth-order valence-electron chi connectivity index (χ4n) is 2.12. The maximum Gasteiger partial charge on any atom is 0.338 e. The third-order valence-corrected chi connectivity index (χ3v) is 3.42. The zero-order chi connectivity index (χ0) is 12.8. The van der Waals surface area contributed by atoms with E-state index in [1.165, 1.54) is 19.3 Å². The van der Waals surface area contributed by atoms with Crippen molar-refractivity contribution >= 4 is 30.0 Å². The predicted molar refractivity (Wildman–Crippen MR) is 79.3 cm³/mol. The van der Waals surface area contributed by atoms with Gasteiger partial charge in [-0.15, -0.1) is 12.4 Å². The molecule has 106 valence electrons. The summed E-state index contributed by atoms with van der Waals surface area (Å²) in [5.74, 6) is -0.274. The van der Waals surface area contributed by atoms with Crippen molar-refractivity contribution in [2.24, 2.45) is 0 Å². The van der Waals surface area contributed by atoms with Gasteiger partial charge in [-0.05, 0) is 50.2 Å². The molecule has 1 fully saturated rings. The first-order chi connectivity index (χ1) is 8.75. The maximum atomic E-state index is 11.7. The van der Waals surface area contributed by atoms with Crippen molar-refractivity contribution in [3.05, 3.63) is 34.9 Å². The summed E-state index contributed by atoms with van der Waals surface area (Å²) in [6.45, 7) is 3.54. The fraction of sp³-hybridized carbons (Fsp3) is 0.500. The summed E-state index contributed by atoms with van der Waals surface area (Å²) in [4.78, 5) is 14.1. The van der Waals surface area contributed by atoms with Crippen LogP contribution in [0, 0.1) is 0 Å². The van der Waals surface area contributed by atoms with Gasteiger partial charge in [0.25, 0.3) is 0 Å². The van der Waals surface area contributed by atoms with Crippen LogP contribution in [0.15, 0.2) is 24.3 Å². The van der Waals surface area contributed by atoms with Crippen LogP contribution in [0.2, 0.25) is 5.02 Å². The number of carbonyl (C=O) groups excluding carboxylic acids is 1. The summed E-state index contributed by atoms with van der Waals surface area (Å²) in [7, 11) is 0. The van der Waals surface area contributed by atoms with Gasteiger partial charge >= 0.3 is 5.97 Å². The molecule has 0 N–H and O–H groups in total. The molecule has 1 aliphatic heterocycles. The van der Waals surface area contributed by atoms with E-state index in [1.807, 2.05) is 0 Å². The van der Waals surface area contributed by atoms with Crippen molar-refractivity contribution in [2.45, 2.75) is 19.3 Å². The molecular weight excluding hydrogens is 285 g/mol. The molecule has 0 bridgehead atoms. The Kier molecular flexibility index (Phi) is 7.21. The molecule has 3 nitrogen and oxygen atoms in total. The van der Waals surface area contributed by atoms with Crippen LogP contribution in [0.3, 0.4) is 0 Å². The van der Waals surface area contributed by atoms with Gasteiger partial charge in [0.15, 0.2) is 0 Å². The number of nitrogens with zero attached hydrogens (tertiary/aromatic N) is 1. The van der Waals surface area contributed by atoms with Gasteiger partial charge < -0.3 is 4.74 Å². The second kappa shape index (κ2) is 8.41. The monoisotopic (exact) mass is 303 g/mol. The third kappa shape index (κ3) is 5.39. The minimum Gasteiger partial charge on any atom is -0.461 e. The molecule has 1 aromatic carbocycles. The topological polar surface area (TPSA) is 29.5 Å². The number of ether oxygens (including phenoxy) is 1. The van der Waals surface area contributed by atoms with E-state index in [-0.39, 0.29) is 18.4 Å². The predicted octanol–water partition coefficient (Wildman–Crippen LogP) is 3.40. The summed E-state index contributed by atoms with van der Waals surface area (Å²) in [6, 6.07) is 6.77.